The van der Waals surface area contributed by atoms with E-state index in [4.69, 9.17) is 0 Å². The summed E-state index contributed by atoms with van der Waals surface area (Å²) in [4.78, 5) is 4.18. The second kappa shape index (κ2) is 6.02. The highest BCUT2D eigenvalue weighted by molar-refractivity contribution is 7.88. The summed E-state index contributed by atoms with van der Waals surface area (Å²) in [5, 5.41) is 3.49. The molecular weight excluding hydrogens is 264 g/mol. The Morgan fingerprint density at radius 2 is 2.11 bits per heavy atom. The fourth-order valence-corrected chi connectivity index (χ4v) is 3.29. The number of nitrogens with zero attached hydrogens (tertiary/aromatic N) is 3. The zero-order valence-corrected chi connectivity index (χ0v) is 12.4. The van der Waals surface area contributed by atoms with Crippen LogP contribution in [0.5, 0.6) is 0 Å². The highest BCUT2D eigenvalue weighted by atomic mass is 32.2. The van der Waals surface area contributed by atoms with E-state index in [0.29, 0.717) is 19.1 Å². The lowest BCUT2D eigenvalue weighted by Gasteiger charge is -2.30. The Kier molecular flexibility index (Phi) is 4.59. The number of piperidine rings is 1. The van der Waals surface area contributed by atoms with Crippen LogP contribution in [0.2, 0.25) is 0 Å². The minimum Gasteiger partial charge on any atom is -0.334 e. The first-order valence-corrected chi connectivity index (χ1v) is 8.48. The number of aryl methyl sites for hydroxylation is 1. The molecule has 0 aliphatic carbocycles. The topological polar surface area (TPSA) is 67.2 Å². The lowest BCUT2D eigenvalue weighted by atomic mass is 10.1. The van der Waals surface area contributed by atoms with Crippen LogP contribution in [-0.2, 0) is 16.6 Å². The molecule has 0 spiro atoms. The van der Waals surface area contributed by atoms with E-state index in [-0.39, 0.29) is 0 Å². The molecule has 1 aromatic rings. The molecular formula is C12H22N4O2S. The van der Waals surface area contributed by atoms with Crippen molar-refractivity contribution in [2.24, 2.45) is 0 Å². The van der Waals surface area contributed by atoms with E-state index in [1.54, 1.807) is 10.5 Å². The Bertz CT molecular complexity index is 504. The van der Waals surface area contributed by atoms with E-state index in [9.17, 15) is 8.42 Å². The molecule has 2 rings (SSSR count). The van der Waals surface area contributed by atoms with Gasteiger partial charge in [-0.3, -0.25) is 0 Å². The third-order valence-electron chi connectivity index (χ3n) is 3.63. The van der Waals surface area contributed by atoms with Gasteiger partial charge in [0, 0.05) is 44.6 Å². The lowest BCUT2D eigenvalue weighted by molar-refractivity contribution is 0.289. The summed E-state index contributed by atoms with van der Waals surface area (Å²) in [6.45, 7) is 5.03. The monoisotopic (exact) mass is 286 g/mol. The number of aromatic nitrogens is 2. The van der Waals surface area contributed by atoms with Crippen molar-refractivity contribution in [1.29, 1.82) is 0 Å². The molecule has 0 bridgehead atoms. The third kappa shape index (κ3) is 4.02. The maximum Gasteiger partial charge on any atom is 0.211 e. The van der Waals surface area contributed by atoms with Crippen molar-refractivity contribution < 1.29 is 8.42 Å². The molecule has 0 aromatic carbocycles. The minimum atomic E-state index is -3.02. The Hall–Kier alpha value is -0.920. The second-order valence-electron chi connectivity index (χ2n) is 5.06. The van der Waals surface area contributed by atoms with Gasteiger partial charge in [-0.15, -0.1) is 0 Å². The first-order valence-electron chi connectivity index (χ1n) is 6.63. The van der Waals surface area contributed by atoms with Crippen LogP contribution >= 0.6 is 0 Å². The molecule has 19 heavy (non-hydrogen) atoms. The average molecular weight is 286 g/mol. The Morgan fingerprint density at radius 3 is 2.63 bits per heavy atom. The summed E-state index contributed by atoms with van der Waals surface area (Å²) >= 11 is 0. The molecule has 0 unspecified atom stereocenters. The van der Waals surface area contributed by atoms with Gasteiger partial charge < -0.3 is 9.88 Å². The van der Waals surface area contributed by atoms with E-state index < -0.39 is 10.0 Å². The summed E-state index contributed by atoms with van der Waals surface area (Å²) < 4.78 is 26.5. The van der Waals surface area contributed by atoms with Gasteiger partial charge >= 0.3 is 0 Å². The van der Waals surface area contributed by atoms with Crippen molar-refractivity contribution in [3.05, 3.63) is 18.2 Å². The standard InChI is InChI=1S/C12H22N4O2S/c1-11-13-5-9-15(11)10-6-14-12-3-7-16(8-4-12)19(2,17)18/h5,9,12,14H,3-4,6-8,10H2,1-2H3. The molecule has 1 aromatic heterocycles. The summed E-state index contributed by atoms with van der Waals surface area (Å²) in [6, 6.07) is 0.418. The highest BCUT2D eigenvalue weighted by Crippen LogP contribution is 2.12. The molecule has 1 aliphatic rings. The number of hydrogen-bond donors (Lipinski definition) is 1. The first-order chi connectivity index (χ1) is 8.97. The summed E-state index contributed by atoms with van der Waals surface area (Å²) in [5.41, 5.74) is 0. The summed E-state index contributed by atoms with van der Waals surface area (Å²) in [5.74, 6) is 1.02. The largest absolute Gasteiger partial charge is 0.334 e. The van der Waals surface area contributed by atoms with Gasteiger partial charge in [0.2, 0.25) is 10.0 Å². The van der Waals surface area contributed by atoms with Gasteiger partial charge in [0.05, 0.1) is 6.26 Å². The molecule has 0 saturated carbocycles. The van der Waals surface area contributed by atoms with Crippen LogP contribution in [0.15, 0.2) is 12.4 Å². The van der Waals surface area contributed by atoms with Crippen molar-refractivity contribution in [3.63, 3.8) is 0 Å². The van der Waals surface area contributed by atoms with Crippen LogP contribution in [0.1, 0.15) is 18.7 Å². The van der Waals surface area contributed by atoms with Crippen molar-refractivity contribution in [2.45, 2.75) is 32.4 Å². The fourth-order valence-electron chi connectivity index (χ4n) is 2.42. The Morgan fingerprint density at radius 1 is 1.42 bits per heavy atom. The Balaban J connectivity index is 1.70. The van der Waals surface area contributed by atoms with E-state index in [2.05, 4.69) is 14.9 Å². The SMILES string of the molecule is Cc1nccn1CCNC1CCN(S(C)(=O)=O)CC1. The van der Waals surface area contributed by atoms with E-state index in [1.807, 2.05) is 13.1 Å². The predicted molar refractivity (Wildman–Crippen MR) is 74.4 cm³/mol. The molecule has 6 nitrogen and oxygen atoms in total. The van der Waals surface area contributed by atoms with Crippen LogP contribution in [0, 0.1) is 6.92 Å². The molecule has 1 saturated heterocycles. The average Bonchev–Trinajstić information content (AvgIpc) is 2.75. The number of imidazole rings is 1. The molecule has 2 heterocycles. The number of hydrogen-bond acceptors (Lipinski definition) is 4. The van der Waals surface area contributed by atoms with Crippen molar-refractivity contribution in [1.82, 2.24) is 19.2 Å². The van der Waals surface area contributed by atoms with Gasteiger partial charge in [0.15, 0.2) is 0 Å². The van der Waals surface area contributed by atoms with E-state index in [1.165, 1.54) is 6.26 Å². The van der Waals surface area contributed by atoms with Gasteiger partial charge in [0.1, 0.15) is 5.82 Å². The van der Waals surface area contributed by atoms with Gasteiger partial charge in [-0.25, -0.2) is 17.7 Å². The fraction of sp³-hybridized carbons (Fsp3) is 0.750. The molecule has 108 valence electrons. The minimum absolute atomic E-state index is 0.418. The van der Waals surface area contributed by atoms with Crippen molar-refractivity contribution in [3.8, 4) is 0 Å². The quantitative estimate of drug-likeness (QED) is 0.840. The Labute approximate surface area is 114 Å². The maximum atomic E-state index is 11.4. The van der Waals surface area contributed by atoms with Crippen molar-refractivity contribution >= 4 is 10.0 Å². The smallest absolute Gasteiger partial charge is 0.211 e. The molecule has 1 fully saturated rings. The molecule has 0 radical (unpaired) electrons. The zero-order chi connectivity index (χ0) is 13.9. The second-order valence-corrected chi connectivity index (χ2v) is 7.04. The van der Waals surface area contributed by atoms with Crippen LogP contribution in [0.4, 0.5) is 0 Å². The third-order valence-corrected chi connectivity index (χ3v) is 4.94. The number of nitrogens with one attached hydrogen (secondary N) is 1. The molecule has 1 aliphatic heterocycles. The van der Waals surface area contributed by atoms with Crippen molar-refractivity contribution in [2.75, 3.05) is 25.9 Å². The zero-order valence-electron chi connectivity index (χ0n) is 11.5. The van der Waals surface area contributed by atoms with E-state index in [0.717, 1.165) is 31.8 Å². The van der Waals surface area contributed by atoms with Gasteiger partial charge in [-0.2, -0.15) is 0 Å². The van der Waals surface area contributed by atoms with Crippen LogP contribution < -0.4 is 5.32 Å². The van der Waals surface area contributed by atoms with Crippen LogP contribution in [0.3, 0.4) is 0 Å². The lowest BCUT2D eigenvalue weighted by Crippen LogP contribution is -2.45. The highest BCUT2D eigenvalue weighted by Gasteiger charge is 2.24. The van der Waals surface area contributed by atoms with Crippen LogP contribution in [0.25, 0.3) is 0 Å². The normalized spacial score (nSPS) is 18.8. The van der Waals surface area contributed by atoms with E-state index >= 15 is 0 Å². The number of rotatable bonds is 5. The molecule has 1 N–H and O–H groups in total. The van der Waals surface area contributed by atoms with Gasteiger partial charge in [-0.1, -0.05) is 0 Å². The molecule has 0 atom stereocenters. The van der Waals surface area contributed by atoms with Crippen LogP contribution in [-0.4, -0.2) is 54.2 Å². The van der Waals surface area contributed by atoms with Gasteiger partial charge in [0.25, 0.3) is 0 Å². The summed E-state index contributed by atoms with van der Waals surface area (Å²) in [7, 11) is -3.02. The maximum absolute atomic E-state index is 11.4. The molecule has 0 amide bonds. The van der Waals surface area contributed by atoms with Gasteiger partial charge in [-0.05, 0) is 19.8 Å². The molecule has 7 heteroatoms. The first kappa shape index (κ1) is 14.5. The number of sulfonamides is 1. The summed E-state index contributed by atoms with van der Waals surface area (Å²) in [6.07, 6.45) is 6.83. The predicted octanol–water partition coefficient (Wildman–Crippen LogP) is 0.205.